The molecule has 0 unspecified atom stereocenters. The van der Waals surface area contributed by atoms with E-state index >= 15 is 0 Å². The fraction of sp³-hybridized carbons (Fsp3) is 0.304. The summed E-state index contributed by atoms with van der Waals surface area (Å²) in [5.41, 5.74) is 4.09. The lowest BCUT2D eigenvalue weighted by Gasteiger charge is -2.45. The molecular formula is C23H24N2O2. The number of nitrogens with zero attached hydrogens (tertiary/aromatic N) is 1. The Balaban J connectivity index is 1.47. The van der Waals surface area contributed by atoms with E-state index in [1.54, 1.807) is 6.08 Å². The molecule has 1 N–H and O–H groups in total. The van der Waals surface area contributed by atoms with Gasteiger partial charge in [-0.15, -0.1) is 0 Å². The third-order valence-corrected chi connectivity index (χ3v) is 5.96. The summed E-state index contributed by atoms with van der Waals surface area (Å²) in [7, 11) is 0. The number of hydrogen-bond acceptors (Lipinski definition) is 2. The minimum Gasteiger partial charge on any atom is -0.351 e. The quantitative estimate of drug-likeness (QED) is 0.836. The van der Waals surface area contributed by atoms with Gasteiger partial charge >= 0.3 is 0 Å². The molecule has 0 atom stereocenters. The van der Waals surface area contributed by atoms with Gasteiger partial charge in [0, 0.05) is 36.7 Å². The number of nitrogens with one attached hydrogen (secondary N) is 1. The largest absolute Gasteiger partial charge is 0.351 e. The maximum absolute atomic E-state index is 12.6. The first-order valence-electron chi connectivity index (χ1n) is 9.49. The summed E-state index contributed by atoms with van der Waals surface area (Å²) in [5.74, 6) is 0.0668. The summed E-state index contributed by atoms with van der Waals surface area (Å²) >= 11 is 0. The number of carbonyl (C=O) groups excluding carboxylic acids is 2. The molecule has 138 valence electrons. The van der Waals surface area contributed by atoms with E-state index in [0.717, 1.165) is 35.1 Å². The molecular weight excluding hydrogens is 336 g/mol. The van der Waals surface area contributed by atoms with Crippen LogP contribution in [0, 0.1) is 6.92 Å². The Labute approximate surface area is 159 Å². The van der Waals surface area contributed by atoms with Crippen LogP contribution in [0.4, 0.5) is 0 Å². The Hall–Kier alpha value is -2.88. The third kappa shape index (κ3) is 3.27. The normalized spacial score (nSPS) is 18.4. The highest BCUT2D eigenvalue weighted by atomic mass is 16.2. The molecule has 4 rings (SSSR count). The first-order chi connectivity index (χ1) is 13.1. The van der Waals surface area contributed by atoms with Crippen LogP contribution < -0.4 is 5.32 Å². The molecule has 2 heterocycles. The monoisotopic (exact) mass is 360 g/mol. The molecule has 0 aliphatic carbocycles. The van der Waals surface area contributed by atoms with Gasteiger partial charge in [0.25, 0.3) is 5.91 Å². The van der Waals surface area contributed by atoms with Crippen LogP contribution in [0.2, 0.25) is 0 Å². The predicted molar refractivity (Wildman–Crippen MR) is 106 cm³/mol. The number of piperidine rings is 1. The molecule has 1 fully saturated rings. The van der Waals surface area contributed by atoms with Crippen molar-refractivity contribution >= 4 is 17.9 Å². The van der Waals surface area contributed by atoms with Crippen molar-refractivity contribution in [3.63, 3.8) is 0 Å². The lowest BCUT2D eigenvalue weighted by atomic mass is 9.69. The number of likely N-dealkylation sites (tertiary alicyclic amines) is 1. The molecule has 4 heteroatoms. The van der Waals surface area contributed by atoms with Crippen LogP contribution in [0.5, 0.6) is 0 Å². The average molecular weight is 360 g/mol. The molecule has 2 aromatic carbocycles. The number of fused-ring (bicyclic) bond motifs is 2. The molecule has 0 bridgehead atoms. The predicted octanol–water partition coefficient (Wildman–Crippen LogP) is 3.31. The average Bonchev–Trinajstić information content (AvgIpc) is 2.71. The van der Waals surface area contributed by atoms with Crippen molar-refractivity contribution in [1.29, 1.82) is 0 Å². The zero-order valence-corrected chi connectivity index (χ0v) is 15.6. The Morgan fingerprint density at radius 2 is 1.78 bits per heavy atom. The Bertz CT molecular complexity index is 908. The fourth-order valence-corrected chi connectivity index (χ4v) is 4.23. The van der Waals surface area contributed by atoms with Crippen LogP contribution >= 0.6 is 0 Å². The second-order valence-corrected chi connectivity index (χ2v) is 7.52. The van der Waals surface area contributed by atoms with Crippen LogP contribution in [0.3, 0.4) is 0 Å². The van der Waals surface area contributed by atoms with Crippen molar-refractivity contribution in [3.8, 4) is 0 Å². The third-order valence-electron chi connectivity index (χ3n) is 5.96. The summed E-state index contributed by atoms with van der Waals surface area (Å²) in [5, 5.41) is 3.04. The van der Waals surface area contributed by atoms with E-state index in [0.29, 0.717) is 19.6 Å². The Kier molecular flexibility index (Phi) is 4.56. The highest BCUT2D eigenvalue weighted by Gasteiger charge is 2.42. The molecule has 27 heavy (non-hydrogen) atoms. The summed E-state index contributed by atoms with van der Waals surface area (Å²) < 4.78 is 0. The van der Waals surface area contributed by atoms with Gasteiger partial charge in [0.1, 0.15) is 0 Å². The topological polar surface area (TPSA) is 49.4 Å². The molecule has 0 aromatic heterocycles. The summed E-state index contributed by atoms with van der Waals surface area (Å²) in [6.45, 7) is 4.12. The zero-order valence-electron chi connectivity index (χ0n) is 15.6. The van der Waals surface area contributed by atoms with Crippen molar-refractivity contribution in [2.75, 3.05) is 19.6 Å². The Morgan fingerprint density at radius 3 is 2.56 bits per heavy atom. The highest BCUT2D eigenvalue weighted by molar-refractivity contribution is 5.97. The van der Waals surface area contributed by atoms with E-state index in [4.69, 9.17) is 0 Å². The van der Waals surface area contributed by atoms with Gasteiger partial charge in [0.2, 0.25) is 5.91 Å². The molecule has 0 saturated carbocycles. The van der Waals surface area contributed by atoms with Gasteiger partial charge in [0.15, 0.2) is 0 Å². The van der Waals surface area contributed by atoms with Gasteiger partial charge in [-0.25, -0.2) is 0 Å². The Morgan fingerprint density at radius 1 is 1.07 bits per heavy atom. The van der Waals surface area contributed by atoms with Crippen molar-refractivity contribution in [1.82, 2.24) is 10.2 Å². The number of aryl methyl sites for hydroxylation is 1. The highest BCUT2D eigenvalue weighted by Crippen LogP contribution is 2.39. The summed E-state index contributed by atoms with van der Waals surface area (Å²) in [6.07, 6.45) is 5.32. The number of benzene rings is 2. The van der Waals surface area contributed by atoms with Crippen molar-refractivity contribution in [3.05, 3.63) is 76.9 Å². The minimum atomic E-state index is -0.0545. The second kappa shape index (κ2) is 7.03. The van der Waals surface area contributed by atoms with Crippen LogP contribution in [-0.4, -0.2) is 36.3 Å². The van der Waals surface area contributed by atoms with Crippen LogP contribution in [-0.2, 0) is 10.2 Å². The van der Waals surface area contributed by atoms with E-state index < -0.39 is 0 Å². The molecule has 2 amide bonds. The molecule has 2 aliphatic rings. The lowest BCUT2D eigenvalue weighted by Crippen LogP contribution is -2.53. The van der Waals surface area contributed by atoms with E-state index in [1.807, 2.05) is 60.4 Å². The molecule has 4 nitrogen and oxygen atoms in total. The SMILES string of the molecule is Cc1ccccc1/C=C/C(=O)N1CCC2(CC1)CNC(=O)c1ccccc12. The first kappa shape index (κ1) is 17.5. The zero-order chi connectivity index (χ0) is 18.9. The number of carbonyl (C=O) groups is 2. The van der Waals surface area contributed by atoms with Gasteiger partial charge in [0.05, 0.1) is 0 Å². The molecule has 1 saturated heterocycles. The van der Waals surface area contributed by atoms with Crippen LogP contribution in [0.1, 0.15) is 39.9 Å². The summed E-state index contributed by atoms with van der Waals surface area (Å²) in [4.78, 5) is 26.7. The van der Waals surface area contributed by atoms with E-state index in [-0.39, 0.29) is 17.2 Å². The maximum atomic E-state index is 12.6. The van der Waals surface area contributed by atoms with Gasteiger partial charge in [-0.2, -0.15) is 0 Å². The number of amides is 2. The maximum Gasteiger partial charge on any atom is 0.251 e. The standard InChI is InChI=1S/C23H24N2O2/c1-17-6-2-3-7-18(17)10-11-21(26)25-14-12-23(13-15-25)16-24-22(27)19-8-4-5-9-20(19)23/h2-11H,12-16H2,1H3,(H,24,27)/b11-10+. The van der Waals surface area contributed by atoms with Crippen LogP contribution in [0.25, 0.3) is 6.08 Å². The van der Waals surface area contributed by atoms with Gasteiger partial charge in [-0.05, 0) is 48.6 Å². The van der Waals surface area contributed by atoms with Crippen molar-refractivity contribution in [2.24, 2.45) is 0 Å². The fourth-order valence-electron chi connectivity index (χ4n) is 4.23. The smallest absolute Gasteiger partial charge is 0.251 e. The van der Waals surface area contributed by atoms with E-state index in [1.165, 1.54) is 0 Å². The van der Waals surface area contributed by atoms with E-state index in [2.05, 4.69) is 11.4 Å². The summed E-state index contributed by atoms with van der Waals surface area (Å²) in [6, 6.07) is 15.9. The van der Waals surface area contributed by atoms with Gasteiger partial charge < -0.3 is 10.2 Å². The van der Waals surface area contributed by atoms with Crippen LogP contribution in [0.15, 0.2) is 54.6 Å². The number of rotatable bonds is 2. The molecule has 0 radical (unpaired) electrons. The second-order valence-electron chi connectivity index (χ2n) is 7.52. The molecule has 2 aliphatic heterocycles. The minimum absolute atomic E-state index is 0.0101. The van der Waals surface area contributed by atoms with Crippen molar-refractivity contribution in [2.45, 2.75) is 25.2 Å². The van der Waals surface area contributed by atoms with Gasteiger partial charge in [-0.3, -0.25) is 9.59 Å². The number of hydrogen-bond donors (Lipinski definition) is 1. The molecule has 2 aromatic rings. The first-order valence-corrected chi connectivity index (χ1v) is 9.49. The van der Waals surface area contributed by atoms with E-state index in [9.17, 15) is 9.59 Å². The molecule has 1 spiro atoms. The van der Waals surface area contributed by atoms with Crippen molar-refractivity contribution < 1.29 is 9.59 Å². The lowest BCUT2D eigenvalue weighted by molar-refractivity contribution is -0.127. The van der Waals surface area contributed by atoms with Gasteiger partial charge in [-0.1, -0.05) is 42.5 Å².